The fraction of sp³-hybridized carbons (Fsp3) is 0.500. The number of aromatic nitrogens is 2. The van der Waals surface area contributed by atoms with E-state index in [4.69, 9.17) is 11.6 Å². The van der Waals surface area contributed by atoms with E-state index in [2.05, 4.69) is 34.0 Å². The van der Waals surface area contributed by atoms with Gasteiger partial charge in [-0.15, -0.1) is 0 Å². The molecule has 4 rings (SSSR count). The number of benzene rings is 1. The molecule has 1 aromatic heterocycles. The molecule has 1 aromatic carbocycles. The summed E-state index contributed by atoms with van der Waals surface area (Å²) >= 11 is 6.16. The van der Waals surface area contributed by atoms with Crippen LogP contribution in [-0.4, -0.2) is 59.9 Å². The molecule has 3 heterocycles. The van der Waals surface area contributed by atoms with E-state index in [0.29, 0.717) is 6.54 Å². The lowest BCUT2D eigenvalue weighted by atomic mass is 10.1. The summed E-state index contributed by atoms with van der Waals surface area (Å²) in [5.74, 6) is 1.27. The van der Waals surface area contributed by atoms with E-state index in [-0.39, 0.29) is 5.91 Å². The Morgan fingerprint density at radius 1 is 1.07 bits per heavy atom. The van der Waals surface area contributed by atoms with Gasteiger partial charge in [0.15, 0.2) is 0 Å². The van der Waals surface area contributed by atoms with Crippen LogP contribution in [0.1, 0.15) is 17.7 Å². The number of fused-ring (bicyclic) bond motifs is 1. The summed E-state index contributed by atoms with van der Waals surface area (Å²) < 4.78 is 2.02. The Morgan fingerprint density at radius 2 is 1.85 bits per heavy atom. The van der Waals surface area contributed by atoms with Gasteiger partial charge in [-0.05, 0) is 38.0 Å². The van der Waals surface area contributed by atoms with Crippen LogP contribution in [0.15, 0.2) is 24.3 Å². The van der Waals surface area contributed by atoms with Crippen LogP contribution in [0.3, 0.4) is 0 Å². The number of amides is 1. The van der Waals surface area contributed by atoms with Crippen LogP contribution in [0.2, 0.25) is 5.02 Å². The molecule has 1 amide bonds. The second kappa shape index (κ2) is 7.43. The van der Waals surface area contributed by atoms with Crippen molar-refractivity contribution in [2.24, 2.45) is 0 Å². The summed E-state index contributed by atoms with van der Waals surface area (Å²) in [5, 5.41) is 5.27. The molecule has 0 atom stereocenters. The first-order valence-corrected chi connectivity index (χ1v) is 9.97. The summed E-state index contributed by atoms with van der Waals surface area (Å²) in [6.45, 7) is 9.56. The predicted octanol–water partition coefficient (Wildman–Crippen LogP) is 2.71. The lowest BCUT2D eigenvalue weighted by molar-refractivity contribution is -0.130. The van der Waals surface area contributed by atoms with Crippen molar-refractivity contribution in [3.8, 4) is 0 Å². The first-order valence-electron chi connectivity index (χ1n) is 9.59. The highest BCUT2D eigenvalue weighted by atomic mass is 35.5. The number of anilines is 2. The number of carbonyl (C=O) groups is 1. The Labute approximate surface area is 165 Å². The number of nitrogens with zero attached hydrogens (tertiary/aromatic N) is 5. The predicted molar refractivity (Wildman–Crippen MR) is 109 cm³/mol. The molecule has 6 nitrogen and oxygen atoms in total. The Kier molecular flexibility index (Phi) is 5.00. The van der Waals surface area contributed by atoms with Crippen molar-refractivity contribution < 1.29 is 4.79 Å². The summed E-state index contributed by atoms with van der Waals surface area (Å²) in [5.41, 5.74) is 3.40. The third-order valence-corrected chi connectivity index (χ3v) is 5.71. The Balaban J connectivity index is 1.37. The summed E-state index contributed by atoms with van der Waals surface area (Å²) in [4.78, 5) is 19.3. The van der Waals surface area contributed by atoms with Gasteiger partial charge in [0.05, 0.1) is 12.2 Å². The van der Waals surface area contributed by atoms with E-state index in [9.17, 15) is 4.79 Å². The molecule has 0 radical (unpaired) electrons. The van der Waals surface area contributed by atoms with Gasteiger partial charge in [-0.2, -0.15) is 5.10 Å². The fourth-order valence-corrected chi connectivity index (χ4v) is 4.19. The minimum atomic E-state index is 0.199. The smallest absolute Gasteiger partial charge is 0.242 e. The van der Waals surface area contributed by atoms with E-state index in [1.54, 1.807) is 0 Å². The highest BCUT2D eigenvalue weighted by Crippen LogP contribution is 2.26. The van der Waals surface area contributed by atoms with Crippen LogP contribution in [-0.2, 0) is 11.3 Å². The molecule has 0 N–H and O–H groups in total. The molecule has 1 fully saturated rings. The first-order chi connectivity index (χ1) is 13.0. The average Bonchev–Trinajstić information content (AvgIpc) is 3.05. The van der Waals surface area contributed by atoms with Crippen molar-refractivity contribution in [2.75, 3.05) is 49.1 Å². The molecule has 1 saturated heterocycles. The van der Waals surface area contributed by atoms with Gasteiger partial charge in [-0.25, -0.2) is 4.68 Å². The van der Waals surface area contributed by atoms with Crippen molar-refractivity contribution >= 4 is 29.0 Å². The van der Waals surface area contributed by atoms with Crippen molar-refractivity contribution in [3.63, 3.8) is 0 Å². The van der Waals surface area contributed by atoms with Gasteiger partial charge < -0.3 is 14.7 Å². The molecule has 7 heteroatoms. The number of hydrogen-bond acceptors (Lipinski definition) is 4. The standard InChI is InChI=1S/C20H26ClN5O/c1-15-4-5-17(21)13-18(15)23-8-10-24(11-9-23)20(27)14-25-6-3-7-26-19(25)12-16(2)22-26/h4-5,12-13H,3,6-11,14H2,1-2H3. The minimum Gasteiger partial charge on any atom is -0.368 e. The summed E-state index contributed by atoms with van der Waals surface area (Å²) in [6, 6.07) is 8.07. The van der Waals surface area contributed by atoms with Gasteiger partial charge in [0.1, 0.15) is 5.82 Å². The minimum absolute atomic E-state index is 0.199. The van der Waals surface area contributed by atoms with E-state index in [1.165, 1.54) is 11.3 Å². The van der Waals surface area contributed by atoms with Crippen molar-refractivity contribution in [1.82, 2.24) is 14.7 Å². The fourth-order valence-electron chi connectivity index (χ4n) is 4.02. The van der Waals surface area contributed by atoms with Gasteiger partial charge in [-0.1, -0.05) is 17.7 Å². The van der Waals surface area contributed by atoms with Crippen LogP contribution in [0, 0.1) is 13.8 Å². The Morgan fingerprint density at radius 3 is 2.63 bits per heavy atom. The van der Waals surface area contributed by atoms with Gasteiger partial charge >= 0.3 is 0 Å². The molecule has 2 aliphatic rings. The van der Waals surface area contributed by atoms with Gasteiger partial charge in [0.25, 0.3) is 0 Å². The number of aryl methyl sites for hydroxylation is 3. The topological polar surface area (TPSA) is 44.6 Å². The number of carbonyl (C=O) groups excluding carboxylic acids is 1. The van der Waals surface area contributed by atoms with Crippen molar-refractivity contribution in [1.29, 1.82) is 0 Å². The number of hydrogen-bond donors (Lipinski definition) is 0. The molecule has 0 bridgehead atoms. The van der Waals surface area contributed by atoms with Gasteiger partial charge in [0.2, 0.25) is 5.91 Å². The average molecular weight is 388 g/mol. The maximum Gasteiger partial charge on any atom is 0.242 e. The number of halogens is 1. The normalized spacial score (nSPS) is 17.2. The molecule has 0 spiro atoms. The van der Waals surface area contributed by atoms with Gasteiger partial charge in [-0.3, -0.25) is 4.79 Å². The summed E-state index contributed by atoms with van der Waals surface area (Å²) in [7, 11) is 0. The van der Waals surface area contributed by atoms with E-state index in [1.807, 2.05) is 28.6 Å². The molecule has 2 aromatic rings. The van der Waals surface area contributed by atoms with Crippen LogP contribution in [0.4, 0.5) is 11.5 Å². The second-order valence-corrected chi connectivity index (χ2v) is 7.88. The highest BCUT2D eigenvalue weighted by molar-refractivity contribution is 6.30. The van der Waals surface area contributed by atoms with Crippen LogP contribution in [0.25, 0.3) is 0 Å². The molecule has 0 saturated carbocycles. The van der Waals surface area contributed by atoms with Gasteiger partial charge in [0, 0.05) is 56.0 Å². The van der Waals surface area contributed by atoms with E-state index < -0.39 is 0 Å². The lowest BCUT2D eigenvalue weighted by Gasteiger charge is -2.38. The Hall–Kier alpha value is -2.21. The monoisotopic (exact) mass is 387 g/mol. The molecular weight excluding hydrogens is 362 g/mol. The molecule has 0 unspecified atom stereocenters. The zero-order valence-electron chi connectivity index (χ0n) is 16.0. The molecule has 2 aliphatic heterocycles. The largest absolute Gasteiger partial charge is 0.368 e. The zero-order valence-corrected chi connectivity index (χ0v) is 16.7. The zero-order chi connectivity index (χ0) is 19.0. The highest BCUT2D eigenvalue weighted by Gasteiger charge is 2.26. The molecular formula is C20H26ClN5O. The van der Waals surface area contributed by atoms with Crippen molar-refractivity contribution in [2.45, 2.75) is 26.8 Å². The number of piperazine rings is 1. The quantitative estimate of drug-likeness (QED) is 0.812. The molecule has 144 valence electrons. The maximum absolute atomic E-state index is 12.9. The molecule has 0 aliphatic carbocycles. The Bertz CT molecular complexity index is 841. The van der Waals surface area contributed by atoms with Crippen molar-refractivity contribution in [3.05, 3.63) is 40.5 Å². The van der Waals surface area contributed by atoms with Crippen LogP contribution in [0.5, 0.6) is 0 Å². The third-order valence-electron chi connectivity index (χ3n) is 5.47. The maximum atomic E-state index is 12.9. The SMILES string of the molecule is Cc1cc2n(n1)CCCN2CC(=O)N1CCN(c2cc(Cl)ccc2C)CC1. The van der Waals surface area contributed by atoms with Crippen LogP contribution >= 0.6 is 11.6 Å². The lowest BCUT2D eigenvalue weighted by Crippen LogP contribution is -2.52. The summed E-state index contributed by atoms with van der Waals surface area (Å²) in [6.07, 6.45) is 1.03. The van der Waals surface area contributed by atoms with E-state index in [0.717, 1.165) is 62.2 Å². The second-order valence-electron chi connectivity index (χ2n) is 7.44. The first kappa shape index (κ1) is 18.2. The van der Waals surface area contributed by atoms with E-state index >= 15 is 0 Å². The third kappa shape index (κ3) is 3.76. The van der Waals surface area contributed by atoms with Crippen LogP contribution < -0.4 is 9.80 Å². The number of rotatable bonds is 3. The molecule has 27 heavy (non-hydrogen) atoms.